The van der Waals surface area contributed by atoms with E-state index in [1.807, 2.05) is 25.2 Å². The molecule has 1 aromatic carbocycles. The van der Waals surface area contributed by atoms with Crippen molar-refractivity contribution in [1.29, 1.82) is 0 Å². The predicted octanol–water partition coefficient (Wildman–Crippen LogP) is 0.655. The molecule has 2 N–H and O–H groups in total. The molecule has 0 amide bonds. The molecule has 2 rings (SSSR count). The molecule has 0 aliphatic heterocycles. The quantitative estimate of drug-likeness (QED) is 0.721. The smallest absolute Gasteiger partial charge is 0.123 e. The average Bonchev–Trinajstić information content (AvgIpc) is 2.57. The van der Waals surface area contributed by atoms with Gasteiger partial charge >= 0.3 is 0 Å². The van der Waals surface area contributed by atoms with Crippen LogP contribution < -0.4 is 5.32 Å². The Kier molecular flexibility index (Phi) is 2.99. The first-order chi connectivity index (χ1) is 7.33. The largest absolute Gasteiger partial charge is 0.395 e. The van der Waals surface area contributed by atoms with Crippen LogP contribution in [0.3, 0.4) is 0 Å². The van der Waals surface area contributed by atoms with Crippen molar-refractivity contribution < 1.29 is 5.11 Å². The molecule has 0 aliphatic carbocycles. The Labute approximate surface area is 88.6 Å². The number of hydrogen-bond donors (Lipinski definition) is 2. The summed E-state index contributed by atoms with van der Waals surface area (Å²) < 4.78 is 2.07. The van der Waals surface area contributed by atoms with E-state index < -0.39 is 0 Å². The van der Waals surface area contributed by atoms with Gasteiger partial charge in [0.2, 0.25) is 0 Å². The number of benzene rings is 1. The van der Waals surface area contributed by atoms with E-state index in [1.54, 1.807) is 0 Å². The fourth-order valence-electron chi connectivity index (χ4n) is 1.63. The highest BCUT2D eigenvalue weighted by Crippen LogP contribution is 2.13. The highest BCUT2D eigenvalue weighted by molar-refractivity contribution is 5.75. The van der Waals surface area contributed by atoms with Crippen molar-refractivity contribution in [3.63, 3.8) is 0 Å². The molecule has 0 fully saturated rings. The predicted molar refractivity (Wildman–Crippen MR) is 59.5 cm³/mol. The van der Waals surface area contributed by atoms with Gasteiger partial charge in [-0.05, 0) is 12.1 Å². The number of aryl methyl sites for hydroxylation is 1. The van der Waals surface area contributed by atoms with Crippen LogP contribution in [0.15, 0.2) is 24.3 Å². The van der Waals surface area contributed by atoms with Gasteiger partial charge in [0.05, 0.1) is 24.2 Å². The molecule has 1 aromatic heterocycles. The zero-order valence-corrected chi connectivity index (χ0v) is 8.77. The van der Waals surface area contributed by atoms with E-state index in [1.165, 1.54) is 0 Å². The maximum Gasteiger partial charge on any atom is 0.123 e. The summed E-state index contributed by atoms with van der Waals surface area (Å²) in [6, 6.07) is 8.05. The molecule has 4 nitrogen and oxygen atoms in total. The zero-order chi connectivity index (χ0) is 10.7. The van der Waals surface area contributed by atoms with E-state index in [0.29, 0.717) is 13.1 Å². The molecule has 80 valence electrons. The third-order valence-corrected chi connectivity index (χ3v) is 2.45. The second-order valence-electron chi connectivity index (χ2n) is 3.48. The lowest BCUT2D eigenvalue weighted by atomic mass is 10.3. The van der Waals surface area contributed by atoms with Crippen LogP contribution in [0.1, 0.15) is 5.82 Å². The van der Waals surface area contributed by atoms with Crippen LogP contribution in [0.25, 0.3) is 11.0 Å². The number of nitrogens with zero attached hydrogens (tertiary/aromatic N) is 2. The summed E-state index contributed by atoms with van der Waals surface area (Å²) in [6.45, 7) is 1.44. The fraction of sp³-hybridized carbons (Fsp3) is 0.364. The van der Waals surface area contributed by atoms with Crippen LogP contribution >= 0.6 is 0 Å². The van der Waals surface area contributed by atoms with Gasteiger partial charge in [0.1, 0.15) is 5.82 Å². The lowest BCUT2D eigenvalue weighted by molar-refractivity contribution is 0.291. The minimum atomic E-state index is 0.157. The maximum atomic E-state index is 8.66. The average molecular weight is 205 g/mol. The van der Waals surface area contributed by atoms with Crippen molar-refractivity contribution in [2.45, 2.75) is 6.54 Å². The molecule has 0 saturated heterocycles. The van der Waals surface area contributed by atoms with Crippen LogP contribution in [0.5, 0.6) is 0 Å². The van der Waals surface area contributed by atoms with Crippen LogP contribution in [0.4, 0.5) is 0 Å². The number of aliphatic hydroxyl groups is 1. The Morgan fingerprint density at radius 2 is 2.20 bits per heavy atom. The molecule has 0 unspecified atom stereocenters. The van der Waals surface area contributed by atoms with Crippen molar-refractivity contribution in [2.24, 2.45) is 7.05 Å². The van der Waals surface area contributed by atoms with Crippen molar-refractivity contribution in [1.82, 2.24) is 14.9 Å². The molecule has 0 saturated carbocycles. The zero-order valence-electron chi connectivity index (χ0n) is 8.77. The van der Waals surface area contributed by atoms with E-state index in [0.717, 1.165) is 16.9 Å². The van der Waals surface area contributed by atoms with E-state index in [4.69, 9.17) is 5.11 Å². The number of hydrogen-bond acceptors (Lipinski definition) is 3. The third-order valence-electron chi connectivity index (χ3n) is 2.45. The van der Waals surface area contributed by atoms with Gasteiger partial charge in [-0.3, -0.25) is 0 Å². The topological polar surface area (TPSA) is 50.1 Å². The normalized spacial score (nSPS) is 11.1. The van der Waals surface area contributed by atoms with Crippen LogP contribution in [-0.4, -0.2) is 27.8 Å². The minimum Gasteiger partial charge on any atom is -0.395 e. The molecular weight excluding hydrogens is 190 g/mol. The standard InChI is InChI=1S/C11H15N3O/c1-14-10-5-3-2-4-9(10)13-11(14)8-12-6-7-15/h2-5,12,15H,6-8H2,1H3. The Bertz CT molecular complexity index is 450. The lowest BCUT2D eigenvalue weighted by Gasteiger charge is -2.02. The number of fused-ring (bicyclic) bond motifs is 1. The molecule has 15 heavy (non-hydrogen) atoms. The highest BCUT2D eigenvalue weighted by atomic mass is 16.3. The summed E-state index contributed by atoms with van der Waals surface area (Å²) in [6.07, 6.45) is 0. The number of rotatable bonds is 4. The number of nitrogens with one attached hydrogen (secondary N) is 1. The first-order valence-corrected chi connectivity index (χ1v) is 5.05. The van der Waals surface area contributed by atoms with Crippen LogP contribution in [-0.2, 0) is 13.6 Å². The van der Waals surface area contributed by atoms with Gasteiger partial charge in [-0.25, -0.2) is 4.98 Å². The van der Waals surface area contributed by atoms with Crippen molar-refractivity contribution in [3.05, 3.63) is 30.1 Å². The van der Waals surface area contributed by atoms with Gasteiger partial charge in [-0.2, -0.15) is 0 Å². The van der Waals surface area contributed by atoms with Gasteiger partial charge in [-0.15, -0.1) is 0 Å². The Morgan fingerprint density at radius 3 is 2.93 bits per heavy atom. The van der Waals surface area contributed by atoms with Crippen molar-refractivity contribution >= 4 is 11.0 Å². The van der Waals surface area contributed by atoms with Gasteiger partial charge < -0.3 is 15.0 Å². The van der Waals surface area contributed by atoms with Gasteiger partial charge in [0.15, 0.2) is 0 Å². The van der Waals surface area contributed by atoms with Crippen LogP contribution in [0, 0.1) is 0 Å². The summed E-state index contributed by atoms with van der Waals surface area (Å²) in [5.74, 6) is 0.990. The molecule has 2 aromatic rings. The molecule has 0 bridgehead atoms. The number of aromatic nitrogens is 2. The summed E-state index contributed by atoms with van der Waals surface area (Å²) in [4.78, 5) is 4.50. The lowest BCUT2D eigenvalue weighted by Crippen LogP contribution is -2.19. The van der Waals surface area contributed by atoms with Crippen molar-refractivity contribution in [3.8, 4) is 0 Å². The molecule has 1 heterocycles. The SMILES string of the molecule is Cn1c(CNCCO)nc2ccccc21. The summed E-state index contributed by atoms with van der Waals surface area (Å²) in [5.41, 5.74) is 2.15. The molecule has 0 radical (unpaired) electrons. The first-order valence-electron chi connectivity index (χ1n) is 5.05. The molecule has 0 aliphatic rings. The summed E-state index contributed by atoms with van der Waals surface area (Å²) >= 11 is 0. The Morgan fingerprint density at radius 1 is 1.40 bits per heavy atom. The van der Waals surface area contributed by atoms with E-state index in [9.17, 15) is 0 Å². The molecule has 4 heteroatoms. The Hall–Kier alpha value is -1.39. The Balaban J connectivity index is 2.24. The summed E-state index contributed by atoms with van der Waals surface area (Å²) in [7, 11) is 2.01. The minimum absolute atomic E-state index is 0.157. The summed E-state index contributed by atoms with van der Waals surface area (Å²) in [5, 5.41) is 11.8. The maximum absolute atomic E-state index is 8.66. The van der Waals surface area contributed by atoms with Gasteiger partial charge in [0, 0.05) is 13.6 Å². The molecular formula is C11H15N3O. The van der Waals surface area contributed by atoms with E-state index in [2.05, 4.69) is 20.9 Å². The molecule has 0 atom stereocenters. The van der Waals surface area contributed by atoms with E-state index in [-0.39, 0.29) is 6.61 Å². The highest BCUT2D eigenvalue weighted by Gasteiger charge is 2.05. The second-order valence-corrected chi connectivity index (χ2v) is 3.48. The van der Waals surface area contributed by atoms with Gasteiger partial charge in [-0.1, -0.05) is 12.1 Å². The first kappa shape index (κ1) is 10.1. The molecule has 0 spiro atoms. The van der Waals surface area contributed by atoms with Crippen molar-refractivity contribution in [2.75, 3.05) is 13.2 Å². The number of aliphatic hydroxyl groups excluding tert-OH is 1. The van der Waals surface area contributed by atoms with Gasteiger partial charge in [0.25, 0.3) is 0 Å². The fourth-order valence-corrected chi connectivity index (χ4v) is 1.63. The van der Waals surface area contributed by atoms with E-state index >= 15 is 0 Å². The second kappa shape index (κ2) is 4.42. The van der Waals surface area contributed by atoms with Crippen LogP contribution in [0.2, 0.25) is 0 Å². The number of para-hydroxylation sites is 2. The third kappa shape index (κ3) is 2.00. The number of imidazole rings is 1. The monoisotopic (exact) mass is 205 g/mol.